The quantitative estimate of drug-likeness (QED) is 0.823. The van der Waals surface area contributed by atoms with Gasteiger partial charge >= 0.3 is 0 Å². The molecule has 1 saturated carbocycles. The molecule has 1 amide bonds. The van der Waals surface area contributed by atoms with Crippen LogP contribution in [0.1, 0.15) is 48.5 Å². The zero-order valence-electron chi connectivity index (χ0n) is 12.1. The van der Waals surface area contributed by atoms with E-state index in [9.17, 15) is 4.79 Å². The third-order valence-corrected chi connectivity index (χ3v) is 3.83. The van der Waals surface area contributed by atoms with Gasteiger partial charge in [0.2, 0.25) is 0 Å². The zero-order chi connectivity index (χ0) is 13.8. The molecule has 0 saturated heterocycles. The largest absolute Gasteiger partial charge is 0.387 e. The van der Waals surface area contributed by atoms with Crippen molar-refractivity contribution in [3.05, 3.63) is 29.3 Å². The Hall–Kier alpha value is -1.51. The molecule has 0 aliphatic heterocycles. The van der Waals surface area contributed by atoms with Crippen LogP contribution in [-0.2, 0) is 0 Å². The van der Waals surface area contributed by atoms with Gasteiger partial charge in [0.05, 0.1) is 5.56 Å². The van der Waals surface area contributed by atoms with Gasteiger partial charge in [-0.1, -0.05) is 31.4 Å². The van der Waals surface area contributed by atoms with Crippen LogP contribution in [0.5, 0.6) is 0 Å². The minimum absolute atomic E-state index is 0.0422. The summed E-state index contributed by atoms with van der Waals surface area (Å²) in [5.41, 5.74) is 2.75. The molecule has 1 atom stereocenters. The van der Waals surface area contributed by atoms with Crippen LogP contribution in [0.15, 0.2) is 18.2 Å². The van der Waals surface area contributed by atoms with Crippen LogP contribution in [0.25, 0.3) is 0 Å². The standard InChI is InChI=1S/C16H24N2O/c1-4-13(10-12-6-7-12)18-16(19)14-9-11(2)5-8-15(14)17-3/h5,8-9,12-13,17H,4,6-7,10H2,1-3H3,(H,18,19). The molecule has 19 heavy (non-hydrogen) atoms. The summed E-state index contributed by atoms with van der Waals surface area (Å²) in [6, 6.07) is 6.24. The molecule has 0 spiro atoms. The van der Waals surface area contributed by atoms with Crippen LogP contribution in [0.4, 0.5) is 5.69 Å². The average molecular weight is 260 g/mol. The maximum absolute atomic E-state index is 12.4. The first kappa shape index (κ1) is 13.9. The Morgan fingerprint density at radius 3 is 2.74 bits per heavy atom. The molecule has 1 aromatic carbocycles. The Morgan fingerprint density at radius 2 is 2.16 bits per heavy atom. The summed E-state index contributed by atoms with van der Waals surface area (Å²) >= 11 is 0. The molecular weight excluding hydrogens is 236 g/mol. The minimum atomic E-state index is 0.0422. The van der Waals surface area contributed by atoms with Crippen LogP contribution in [-0.4, -0.2) is 19.0 Å². The van der Waals surface area contributed by atoms with E-state index >= 15 is 0 Å². The van der Waals surface area contributed by atoms with Crippen molar-refractivity contribution < 1.29 is 4.79 Å². The first-order chi connectivity index (χ1) is 9.13. The SMILES string of the molecule is CCC(CC1CC1)NC(=O)c1cc(C)ccc1NC. The molecule has 0 radical (unpaired) electrons. The predicted molar refractivity (Wildman–Crippen MR) is 79.6 cm³/mol. The summed E-state index contributed by atoms with van der Waals surface area (Å²) in [7, 11) is 1.85. The summed E-state index contributed by atoms with van der Waals surface area (Å²) in [5.74, 6) is 0.882. The van der Waals surface area contributed by atoms with Gasteiger partial charge in [0.1, 0.15) is 0 Å². The van der Waals surface area contributed by atoms with E-state index in [0.29, 0.717) is 6.04 Å². The first-order valence-electron chi connectivity index (χ1n) is 7.23. The molecule has 0 heterocycles. The van der Waals surface area contributed by atoms with E-state index < -0.39 is 0 Å². The lowest BCUT2D eigenvalue weighted by Crippen LogP contribution is -2.35. The van der Waals surface area contributed by atoms with Crippen LogP contribution in [0.3, 0.4) is 0 Å². The number of anilines is 1. The molecule has 1 aliphatic carbocycles. The van der Waals surface area contributed by atoms with Crippen LogP contribution in [0.2, 0.25) is 0 Å². The molecule has 0 bridgehead atoms. The van der Waals surface area contributed by atoms with Crippen molar-refractivity contribution in [1.82, 2.24) is 5.32 Å². The molecule has 1 aromatic rings. The summed E-state index contributed by atoms with van der Waals surface area (Å²) in [5, 5.41) is 6.26. The molecule has 104 valence electrons. The Kier molecular flexibility index (Phi) is 4.46. The second-order valence-corrected chi connectivity index (χ2v) is 5.56. The van der Waals surface area contributed by atoms with E-state index in [1.807, 2.05) is 32.2 Å². The number of rotatable bonds is 6. The molecule has 3 heteroatoms. The maximum Gasteiger partial charge on any atom is 0.253 e. The number of nitrogens with one attached hydrogen (secondary N) is 2. The van der Waals surface area contributed by atoms with Gasteiger partial charge < -0.3 is 10.6 Å². The maximum atomic E-state index is 12.4. The molecule has 3 nitrogen and oxygen atoms in total. The van der Waals surface area contributed by atoms with Crippen molar-refractivity contribution in [2.24, 2.45) is 5.92 Å². The smallest absolute Gasteiger partial charge is 0.253 e. The lowest BCUT2D eigenvalue weighted by molar-refractivity contribution is 0.0933. The zero-order valence-corrected chi connectivity index (χ0v) is 12.1. The molecule has 0 aromatic heterocycles. The number of aryl methyl sites for hydroxylation is 1. The Bertz CT molecular complexity index is 452. The molecule has 2 N–H and O–H groups in total. The average Bonchev–Trinajstić information content (AvgIpc) is 3.21. The van der Waals surface area contributed by atoms with Gasteiger partial charge in [-0.05, 0) is 37.8 Å². The first-order valence-corrected chi connectivity index (χ1v) is 7.23. The summed E-state index contributed by atoms with van der Waals surface area (Å²) in [6.45, 7) is 4.15. The van der Waals surface area contributed by atoms with Crippen molar-refractivity contribution in [3.63, 3.8) is 0 Å². The van der Waals surface area contributed by atoms with Crippen molar-refractivity contribution in [1.29, 1.82) is 0 Å². The van der Waals surface area contributed by atoms with Crippen LogP contribution in [0, 0.1) is 12.8 Å². The predicted octanol–water partition coefficient (Wildman–Crippen LogP) is 3.35. The minimum Gasteiger partial charge on any atom is -0.387 e. The fourth-order valence-electron chi connectivity index (χ4n) is 2.41. The van der Waals surface area contributed by atoms with Gasteiger partial charge in [0.15, 0.2) is 0 Å². The van der Waals surface area contributed by atoms with E-state index in [0.717, 1.165) is 35.6 Å². The van der Waals surface area contributed by atoms with Crippen LogP contribution >= 0.6 is 0 Å². The summed E-state index contributed by atoms with van der Waals surface area (Å²) in [4.78, 5) is 12.4. The molecular formula is C16H24N2O. The number of hydrogen-bond donors (Lipinski definition) is 2. The number of benzene rings is 1. The lowest BCUT2D eigenvalue weighted by Gasteiger charge is -2.18. The lowest BCUT2D eigenvalue weighted by atomic mass is 10.1. The third-order valence-electron chi connectivity index (χ3n) is 3.83. The second-order valence-electron chi connectivity index (χ2n) is 5.56. The topological polar surface area (TPSA) is 41.1 Å². The second kappa shape index (κ2) is 6.09. The monoisotopic (exact) mass is 260 g/mol. The Morgan fingerprint density at radius 1 is 1.42 bits per heavy atom. The number of hydrogen-bond acceptors (Lipinski definition) is 2. The van der Waals surface area contributed by atoms with Crippen molar-refractivity contribution in [2.75, 3.05) is 12.4 Å². The summed E-state index contributed by atoms with van der Waals surface area (Å²) in [6.07, 6.45) is 4.79. The van der Waals surface area contributed by atoms with E-state index in [1.165, 1.54) is 12.8 Å². The van der Waals surface area contributed by atoms with E-state index in [4.69, 9.17) is 0 Å². The van der Waals surface area contributed by atoms with Crippen LogP contribution < -0.4 is 10.6 Å². The van der Waals surface area contributed by atoms with Crippen molar-refractivity contribution in [3.8, 4) is 0 Å². The number of carbonyl (C=O) groups excluding carboxylic acids is 1. The van der Waals surface area contributed by atoms with Gasteiger partial charge in [-0.3, -0.25) is 4.79 Å². The van der Waals surface area contributed by atoms with Gasteiger partial charge in [-0.25, -0.2) is 0 Å². The van der Waals surface area contributed by atoms with E-state index in [2.05, 4.69) is 17.6 Å². The molecule has 1 fully saturated rings. The number of carbonyl (C=O) groups is 1. The highest BCUT2D eigenvalue weighted by Crippen LogP contribution is 2.34. The highest BCUT2D eigenvalue weighted by molar-refractivity contribution is 6.00. The highest BCUT2D eigenvalue weighted by atomic mass is 16.1. The van der Waals surface area contributed by atoms with E-state index in [1.54, 1.807) is 0 Å². The summed E-state index contributed by atoms with van der Waals surface area (Å²) < 4.78 is 0. The highest BCUT2D eigenvalue weighted by Gasteiger charge is 2.26. The fourth-order valence-corrected chi connectivity index (χ4v) is 2.41. The Balaban J connectivity index is 2.06. The molecule has 1 aliphatic rings. The van der Waals surface area contributed by atoms with Gasteiger partial charge in [0, 0.05) is 18.8 Å². The number of amides is 1. The third kappa shape index (κ3) is 3.72. The molecule has 1 unspecified atom stereocenters. The van der Waals surface area contributed by atoms with Gasteiger partial charge in [-0.2, -0.15) is 0 Å². The van der Waals surface area contributed by atoms with Crippen molar-refractivity contribution in [2.45, 2.75) is 45.6 Å². The van der Waals surface area contributed by atoms with E-state index in [-0.39, 0.29) is 5.91 Å². The Labute approximate surface area is 115 Å². The fraction of sp³-hybridized carbons (Fsp3) is 0.562. The van der Waals surface area contributed by atoms with Gasteiger partial charge in [-0.15, -0.1) is 0 Å². The van der Waals surface area contributed by atoms with Crippen molar-refractivity contribution >= 4 is 11.6 Å². The van der Waals surface area contributed by atoms with Gasteiger partial charge in [0.25, 0.3) is 5.91 Å². The molecule has 2 rings (SSSR count). The normalized spacial score (nSPS) is 15.9.